The van der Waals surface area contributed by atoms with Gasteiger partial charge >= 0.3 is 11.9 Å². The molecule has 0 aromatic carbocycles. The van der Waals surface area contributed by atoms with E-state index >= 15 is 0 Å². The molecule has 3 amide bonds. The molecule has 0 aliphatic heterocycles. The Bertz CT molecular complexity index is 759. The SMILES string of the molecule is CC(C)C(NC(=O)C(CS)NC(=O)C(CCCN=C(N)N)NC(=O)C(N)CCC(=O)O)C(=O)O. The third kappa shape index (κ3) is 12.2. The molecule has 0 fully saturated rings. The Morgan fingerprint density at radius 1 is 0.912 bits per heavy atom. The van der Waals surface area contributed by atoms with Gasteiger partial charge in [-0.1, -0.05) is 13.8 Å². The van der Waals surface area contributed by atoms with Crippen LogP contribution in [0.4, 0.5) is 0 Å². The summed E-state index contributed by atoms with van der Waals surface area (Å²) in [6.45, 7) is 3.39. The van der Waals surface area contributed by atoms with E-state index in [1.807, 2.05) is 0 Å². The van der Waals surface area contributed by atoms with Crippen LogP contribution in [0, 0.1) is 5.92 Å². The van der Waals surface area contributed by atoms with E-state index < -0.39 is 59.7 Å². The number of nitrogens with two attached hydrogens (primary N) is 3. The predicted octanol–water partition coefficient (Wildman–Crippen LogP) is -2.64. The maximum atomic E-state index is 12.8. The Morgan fingerprint density at radius 3 is 1.94 bits per heavy atom. The Kier molecular flexibility index (Phi) is 14.3. The number of rotatable bonds is 16. The van der Waals surface area contributed by atoms with Crippen LogP contribution in [0.3, 0.4) is 0 Å². The van der Waals surface area contributed by atoms with E-state index in [4.69, 9.17) is 22.3 Å². The number of carbonyl (C=O) groups is 5. The summed E-state index contributed by atoms with van der Waals surface area (Å²) in [6.07, 6.45) is -0.118. The van der Waals surface area contributed by atoms with Crippen LogP contribution in [0.1, 0.15) is 39.5 Å². The van der Waals surface area contributed by atoms with Crippen LogP contribution in [-0.2, 0) is 24.0 Å². The number of aliphatic carboxylic acids is 2. The first kappa shape index (κ1) is 30.9. The minimum absolute atomic E-state index is 0.0741. The average molecular weight is 506 g/mol. The maximum Gasteiger partial charge on any atom is 0.326 e. The van der Waals surface area contributed by atoms with Crippen LogP contribution in [-0.4, -0.2) is 82.3 Å². The van der Waals surface area contributed by atoms with Crippen molar-refractivity contribution >= 4 is 48.2 Å². The van der Waals surface area contributed by atoms with Gasteiger partial charge in [-0.3, -0.25) is 24.2 Å². The molecule has 34 heavy (non-hydrogen) atoms. The highest BCUT2D eigenvalue weighted by Crippen LogP contribution is 2.05. The Morgan fingerprint density at radius 2 is 1.47 bits per heavy atom. The second-order valence-electron chi connectivity index (χ2n) is 7.86. The summed E-state index contributed by atoms with van der Waals surface area (Å²) in [7, 11) is 0. The highest BCUT2D eigenvalue weighted by Gasteiger charge is 2.30. The third-order valence-corrected chi connectivity index (χ3v) is 5.00. The molecule has 0 bridgehead atoms. The number of carboxylic acids is 2. The summed E-state index contributed by atoms with van der Waals surface area (Å²) >= 11 is 4.05. The molecule has 0 saturated heterocycles. The molecule has 0 heterocycles. The van der Waals surface area contributed by atoms with E-state index in [9.17, 15) is 29.1 Å². The first-order valence-corrected chi connectivity index (χ1v) is 11.2. The molecule has 0 spiro atoms. The van der Waals surface area contributed by atoms with Crippen molar-refractivity contribution in [1.29, 1.82) is 0 Å². The number of nitrogens with one attached hydrogen (secondary N) is 3. The number of carboxylic acid groups (broad SMARTS) is 2. The lowest BCUT2D eigenvalue weighted by molar-refractivity contribution is -0.143. The number of carbonyl (C=O) groups excluding carboxylic acids is 3. The summed E-state index contributed by atoms with van der Waals surface area (Å²) in [4.78, 5) is 63.6. The van der Waals surface area contributed by atoms with Gasteiger partial charge in [-0.15, -0.1) is 0 Å². The van der Waals surface area contributed by atoms with Gasteiger partial charge in [0, 0.05) is 18.7 Å². The number of thiol groups is 1. The average Bonchev–Trinajstić information content (AvgIpc) is 2.74. The zero-order valence-corrected chi connectivity index (χ0v) is 20.1. The van der Waals surface area contributed by atoms with Crippen molar-refractivity contribution in [2.45, 2.75) is 63.7 Å². The van der Waals surface area contributed by atoms with Gasteiger partial charge in [0.25, 0.3) is 0 Å². The lowest BCUT2D eigenvalue weighted by Gasteiger charge is -2.25. The Hall–Kier alpha value is -3.07. The zero-order valence-electron chi connectivity index (χ0n) is 19.2. The largest absolute Gasteiger partial charge is 0.481 e. The molecule has 194 valence electrons. The number of aliphatic imine (C=N–C) groups is 1. The van der Waals surface area contributed by atoms with Crippen molar-refractivity contribution in [1.82, 2.24) is 16.0 Å². The van der Waals surface area contributed by atoms with Crippen molar-refractivity contribution in [3.63, 3.8) is 0 Å². The highest BCUT2D eigenvalue weighted by atomic mass is 32.1. The van der Waals surface area contributed by atoms with Gasteiger partial charge in [-0.25, -0.2) is 4.79 Å². The molecule has 14 nitrogen and oxygen atoms in total. The van der Waals surface area contributed by atoms with Crippen LogP contribution >= 0.6 is 12.6 Å². The quantitative estimate of drug-likeness (QED) is 0.0456. The molecule has 0 aliphatic carbocycles. The van der Waals surface area contributed by atoms with Gasteiger partial charge in [-0.2, -0.15) is 12.6 Å². The van der Waals surface area contributed by atoms with E-state index in [0.29, 0.717) is 0 Å². The molecule has 0 aromatic rings. The highest BCUT2D eigenvalue weighted by molar-refractivity contribution is 7.80. The number of hydrogen-bond acceptors (Lipinski definition) is 8. The fourth-order valence-electron chi connectivity index (χ4n) is 2.70. The van der Waals surface area contributed by atoms with E-state index in [0.717, 1.165) is 0 Å². The van der Waals surface area contributed by atoms with E-state index in [1.165, 1.54) is 0 Å². The summed E-state index contributed by atoms with van der Waals surface area (Å²) < 4.78 is 0. The summed E-state index contributed by atoms with van der Waals surface area (Å²) in [6, 6.07) is -4.67. The Balaban J connectivity index is 5.35. The van der Waals surface area contributed by atoms with Gasteiger partial charge < -0.3 is 43.4 Å². The normalized spacial score (nSPS) is 14.3. The van der Waals surface area contributed by atoms with E-state index in [2.05, 4.69) is 33.6 Å². The van der Waals surface area contributed by atoms with E-state index in [-0.39, 0.29) is 43.9 Å². The molecular weight excluding hydrogens is 470 g/mol. The lowest BCUT2D eigenvalue weighted by Crippen LogP contribution is -2.58. The number of amides is 3. The fourth-order valence-corrected chi connectivity index (χ4v) is 2.95. The molecule has 0 aromatic heterocycles. The standard InChI is InChI=1S/C19H35N7O7S/c1-9(2)14(18(32)33)26-17(31)12(8-34)25-16(30)11(4-3-7-23-19(21)22)24-15(29)10(20)5-6-13(27)28/h9-12,14,34H,3-8,20H2,1-2H3,(H,24,29)(H,25,30)(H,26,31)(H,27,28)(H,32,33)(H4,21,22,23). The van der Waals surface area contributed by atoms with Crippen molar-refractivity contribution in [2.75, 3.05) is 12.3 Å². The Labute approximate surface area is 202 Å². The second kappa shape index (κ2) is 15.7. The van der Waals surface area contributed by atoms with Gasteiger partial charge in [0.15, 0.2) is 5.96 Å². The first-order valence-electron chi connectivity index (χ1n) is 10.6. The van der Waals surface area contributed by atoms with Crippen molar-refractivity contribution in [3.8, 4) is 0 Å². The molecule has 0 saturated carbocycles. The van der Waals surface area contributed by atoms with Crippen molar-refractivity contribution in [2.24, 2.45) is 28.1 Å². The van der Waals surface area contributed by atoms with Crippen LogP contribution in [0.2, 0.25) is 0 Å². The smallest absolute Gasteiger partial charge is 0.326 e. The molecule has 15 heteroatoms. The van der Waals surface area contributed by atoms with Crippen LogP contribution in [0.15, 0.2) is 4.99 Å². The topological polar surface area (TPSA) is 252 Å². The molecule has 4 unspecified atom stereocenters. The van der Waals surface area contributed by atoms with Gasteiger partial charge in [-0.05, 0) is 25.2 Å². The maximum absolute atomic E-state index is 12.8. The number of nitrogens with zero attached hydrogens (tertiary/aromatic N) is 1. The lowest BCUT2D eigenvalue weighted by atomic mass is 10.0. The van der Waals surface area contributed by atoms with Crippen LogP contribution in [0.25, 0.3) is 0 Å². The summed E-state index contributed by atoms with van der Waals surface area (Å²) in [5.74, 6) is -5.30. The van der Waals surface area contributed by atoms with Crippen molar-refractivity contribution < 1.29 is 34.2 Å². The molecule has 11 N–H and O–H groups in total. The molecule has 0 radical (unpaired) electrons. The van der Waals surface area contributed by atoms with Gasteiger partial charge in [0.2, 0.25) is 17.7 Å². The van der Waals surface area contributed by atoms with Crippen LogP contribution in [0.5, 0.6) is 0 Å². The molecule has 4 atom stereocenters. The molecule has 0 rings (SSSR count). The fraction of sp³-hybridized carbons (Fsp3) is 0.684. The van der Waals surface area contributed by atoms with Crippen LogP contribution < -0.4 is 33.2 Å². The summed E-state index contributed by atoms with van der Waals surface area (Å²) in [5, 5.41) is 25.2. The summed E-state index contributed by atoms with van der Waals surface area (Å²) in [5.41, 5.74) is 16.2. The first-order chi connectivity index (χ1) is 15.8. The van der Waals surface area contributed by atoms with Gasteiger partial charge in [0.1, 0.15) is 18.1 Å². The number of guanidine groups is 1. The third-order valence-electron chi connectivity index (χ3n) is 4.63. The van der Waals surface area contributed by atoms with Crippen molar-refractivity contribution in [3.05, 3.63) is 0 Å². The minimum atomic E-state index is -1.23. The van der Waals surface area contributed by atoms with Gasteiger partial charge in [0.05, 0.1) is 6.04 Å². The molecular formula is C19H35N7O7S. The monoisotopic (exact) mass is 505 g/mol. The predicted molar refractivity (Wildman–Crippen MR) is 127 cm³/mol. The second-order valence-corrected chi connectivity index (χ2v) is 8.23. The molecule has 0 aliphatic rings. The number of hydrogen-bond donors (Lipinski definition) is 9. The minimum Gasteiger partial charge on any atom is -0.481 e. The zero-order chi connectivity index (χ0) is 26.4. The van der Waals surface area contributed by atoms with E-state index in [1.54, 1.807) is 13.8 Å².